The minimum atomic E-state index is -0.164. The average Bonchev–Trinajstić information content (AvgIpc) is 2.54. The van der Waals surface area contributed by atoms with E-state index in [4.69, 9.17) is 9.39 Å². The van der Waals surface area contributed by atoms with Gasteiger partial charge in [0.1, 0.15) is 12.4 Å². The van der Waals surface area contributed by atoms with Crippen molar-refractivity contribution in [3.05, 3.63) is 59.7 Å². The summed E-state index contributed by atoms with van der Waals surface area (Å²) in [5.74, 6) is 1.37. The van der Waals surface area contributed by atoms with E-state index in [-0.39, 0.29) is 12.2 Å². The summed E-state index contributed by atoms with van der Waals surface area (Å²) in [4.78, 5) is 0. The standard InChI is InChI=1S/C20H28BO2P/c1-15(2)20(4,5)23-21(24)18-11-12-19(16(3)13-18)22-14-17-9-7-6-8-10-17/h6-13,15H,14,24H2,1-5H3. The molecule has 2 nitrogen and oxygen atoms in total. The Morgan fingerprint density at radius 1 is 1.08 bits per heavy atom. The molecule has 0 bridgehead atoms. The van der Waals surface area contributed by atoms with Crippen LogP contribution in [0.3, 0.4) is 0 Å². The Morgan fingerprint density at radius 2 is 1.75 bits per heavy atom. The van der Waals surface area contributed by atoms with Crippen LogP contribution in [0.1, 0.15) is 38.8 Å². The van der Waals surface area contributed by atoms with Crippen molar-refractivity contribution in [1.29, 1.82) is 0 Å². The predicted molar refractivity (Wildman–Crippen MR) is 107 cm³/mol. The third kappa shape index (κ3) is 5.09. The van der Waals surface area contributed by atoms with Gasteiger partial charge in [0.15, 0.2) is 0 Å². The predicted octanol–water partition coefficient (Wildman–Crippen LogP) is 4.60. The van der Waals surface area contributed by atoms with E-state index >= 15 is 0 Å². The zero-order valence-electron chi connectivity index (χ0n) is 15.4. The molecule has 0 aliphatic heterocycles. The molecule has 0 aliphatic rings. The summed E-state index contributed by atoms with van der Waals surface area (Å²) in [6, 6.07) is 16.5. The summed E-state index contributed by atoms with van der Waals surface area (Å²) in [5.41, 5.74) is 3.29. The van der Waals surface area contributed by atoms with Gasteiger partial charge < -0.3 is 9.39 Å². The van der Waals surface area contributed by atoms with Crippen molar-refractivity contribution in [1.82, 2.24) is 0 Å². The smallest absolute Gasteiger partial charge is 0.349 e. The molecule has 2 aromatic carbocycles. The monoisotopic (exact) mass is 342 g/mol. The van der Waals surface area contributed by atoms with Crippen molar-refractivity contribution in [2.75, 3.05) is 0 Å². The molecule has 0 saturated carbocycles. The van der Waals surface area contributed by atoms with Crippen LogP contribution in [0.25, 0.3) is 0 Å². The Kier molecular flexibility index (Phi) is 6.49. The summed E-state index contributed by atoms with van der Waals surface area (Å²) in [6.07, 6.45) is 0. The van der Waals surface area contributed by atoms with Crippen molar-refractivity contribution >= 4 is 21.2 Å². The highest BCUT2D eigenvalue weighted by Crippen LogP contribution is 2.24. The second-order valence-electron chi connectivity index (χ2n) is 7.10. The van der Waals surface area contributed by atoms with Crippen molar-refractivity contribution in [3.63, 3.8) is 0 Å². The fourth-order valence-electron chi connectivity index (χ4n) is 2.28. The van der Waals surface area contributed by atoms with E-state index < -0.39 is 0 Å². The number of benzene rings is 2. The van der Waals surface area contributed by atoms with Gasteiger partial charge in [0.05, 0.1) is 0 Å². The van der Waals surface area contributed by atoms with E-state index in [1.807, 2.05) is 24.3 Å². The molecule has 2 rings (SSSR count). The van der Waals surface area contributed by atoms with Crippen molar-refractivity contribution in [2.45, 2.75) is 46.8 Å². The third-order valence-electron chi connectivity index (χ3n) is 4.59. The molecule has 128 valence electrons. The normalized spacial score (nSPS) is 11.6. The molecule has 0 radical (unpaired) electrons. The van der Waals surface area contributed by atoms with Gasteiger partial charge in [-0.15, -0.1) is 9.12 Å². The maximum Gasteiger partial charge on any atom is 0.349 e. The first-order chi connectivity index (χ1) is 11.3. The number of hydrogen-bond donors (Lipinski definition) is 0. The molecule has 0 aliphatic carbocycles. The Hall–Kier alpha value is -1.31. The van der Waals surface area contributed by atoms with Crippen LogP contribution >= 0.6 is 9.12 Å². The van der Waals surface area contributed by atoms with Crippen molar-refractivity contribution < 1.29 is 9.39 Å². The molecule has 0 aromatic heterocycles. The van der Waals surface area contributed by atoms with E-state index in [1.165, 1.54) is 5.56 Å². The largest absolute Gasteiger partial charge is 0.489 e. The lowest BCUT2D eigenvalue weighted by atomic mass is 9.82. The zero-order chi connectivity index (χ0) is 17.7. The SMILES string of the molecule is Cc1cc(B(P)OC(C)(C)C(C)C)ccc1OCc1ccccc1. The first-order valence-electron chi connectivity index (χ1n) is 8.50. The van der Waals surface area contributed by atoms with Gasteiger partial charge in [-0.25, -0.2) is 0 Å². The van der Waals surface area contributed by atoms with E-state index in [0.717, 1.165) is 16.8 Å². The van der Waals surface area contributed by atoms with E-state index in [2.05, 4.69) is 68.0 Å². The van der Waals surface area contributed by atoms with Gasteiger partial charge in [0.25, 0.3) is 0 Å². The van der Waals surface area contributed by atoms with E-state index in [0.29, 0.717) is 12.5 Å². The van der Waals surface area contributed by atoms with Crippen LogP contribution in [-0.4, -0.2) is 12.2 Å². The molecular formula is C20H28BO2P. The molecule has 1 unspecified atom stereocenters. The van der Waals surface area contributed by atoms with Gasteiger partial charge in [-0.2, -0.15) is 0 Å². The molecule has 0 N–H and O–H groups in total. The van der Waals surface area contributed by atoms with E-state index in [1.54, 1.807) is 0 Å². The van der Waals surface area contributed by atoms with Gasteiger partial charge >= 0.3 is 6.64 Å². The van der Waals surface area contributed by atoms with Crippen LogP contribution in [0.4, 0.5) is 0 Å². The fraction of sp³-hybridized carbons (Fsp3) is 0.400. The van der Waals surface area contributed by atoms with E-state index in [9.17, 15) is 0 Å². The molecule has 0 amide bonds. The van der Waals surface area contributed by atoms with Crippen LogP contribution in [0.5, 0.6) is 5.75 Å². The summed E-state index contributed by atoms with van der Waals surface area (Å²) >= 11 is 0. The summed E-state index contributed by atoms with van der Waals surface area (Å²) < 4.78 is 12.2. The summed E-state index contributed by atoms with van der Waals surface area (Å²) in [5, 5.41) is 0. The maximum atomic E-state index is 6.23. The highest BCUT2D eigenvalue weighted by Gasteiger charge is 2.28. The fourth-order valence-corrected chi connectivity index (χ4v) is 2.84. The van der Waals surface area contributed by atoms with Crippen molar-refractivity contribution in [2.24, 2.45) is 5.92 Å². The maximum absolute atomic E-state index is 6.23. The Balaban J connectivity index is 2.03. The molecule has 0 spiro atoms. The Bertz CT molecular complexity index is 656. The number of aryl methyl sites for hydroxylation is 1. The van der Waals surface area contributed by atoms with Gasteiger partial charge in [-0.05, 0) is 49.3 Å². The second-order valence-corrected chi connectivity index (χ2v) is 7.70. The molecule has 0 heterocycles. The van der Waals surface area contributed by atoms with Gasteiger partial charge in [0.2, 0.25) is 0 Å². The first-order valence-corrected chi connectivity index (χ1v) is 9.17. The molecule has 0 fully saturated rings. The third-order valence-corrected chi connectivity index (χ3v) is 5.11. The van der Waals surface area contributed by atoms with Crippen molar-refractivity contribution in [3.8, 4) is 5.75 Å². The topological polar surface area (TPSA) is 18.5 Å². The first kappa shape index (κ1) is 19.0. The second kappa shape index (κ2) is 8.18. The zero-order valence-corrected chi connectivity index (χ0v) is 16.5. The van der Waals surface area contributed by atoms with Crippen LogP contribution in [0.2, 0.25) is 0 Å². The van der Waals surface area contributed by atoms with Gasteiger partial charge in [0, 0.05) is 5.60 Å². The lowest BCUT2D eigenvalue weighted by molar-refractivity contribution is 0.0646. The molecule has 24 heavy (non-hydrogen) atoms. The Labute approximate surface area is 149 Å². The summed E-state index contributed by atoms with van der Waals surface area (Å²) in [7, 11) is 2.80. The minimum Gasteiger partial charge on any atom is -0.489 e. The lowest BCUT2D eigenvalue weighted by Gasteiger charge is -2.32. The number of ether oxygens (including phenoxy) is 1. The quantitative estimate of drug-likeness (QED) is 0.541. The highest BCUT2D eigenvalue weighted by molar-refractivity contribution is 7.63. The number of hydrogen-bond acceptors (Lipinski definition) is 2. The van der Waals surface area contributed by atoms with Crippen LogP contribution < -0.4 is 10.2 Å². The lowest BCUT2D eigenvalue weighted by Crippen LogP contribution is -2.40. The molecule has 4 heteroatoms. The molecule has 1 atom stereocenters. The highest BCUT2D eigenvalue weighted by atomic mass is 31.0. The van der Waals surface area contributed by atoms with Gasteiger partial charge in [-0.3, -0.25) is 0 Å². The summed E-state index contributed by atoms with van der Waals surface area (Å²) in [6.45, 7) is 11.3. The average molecular weight is 342 g/mol. The van der Waals surface area contributed by atoms with Crippen LogP contribution in [0.15, 0.2) is 48.5 Å². The van der Waals surface area contributed by atoms with Gasteiger partial charge in [-0.1, -0.05) is 56.3 Å². The van der Waals surface area contributed by atoms with Crippen LogP contribution in [-0.2, 0) is 11.3 Å². The Morgan fingerprint density at radius 3 is 2.33 bits per heavy atom. The van der Waals surface area contributed by atoms with Crippen LogP contribution in [0, 0.1) is 12.8 Å². The molecule has 2 aromatic rings. The molecular weight excluding hydrogens is 314 g/mol. The minimum absolute atomic E-state index is 0.0238. The molecule has 0 saturated heterocycles. The number of rotatable bonds is 7.